The van der Waals surface area contributed by atoms with Crippen molar-refractivity contribution in [1.82, 2.24) is 0 Å². The summed E-state index contributed by atoms with van der Waals surface area (Å²) >= 11 is 1.55. The lowest BCUT2D eigenvalue weighted by molar-refractivity contribution is 0.0807. The van der Waals surface area contributed by atoms with Gasteiger partial charge in [-0.15, -0.1) is 0 Å². The van der Waals surface area contributed by atoms with E-state index in [1.807, 2.05) is 53.2 Å². The number of Topliss-reactive ketones (excluding diaryl/α,β-unsaturated/α-hetero) is 1. The van der Waals surface area contributed by atoms with Gasteiger partial charge in [-0.25, -0.2) is 0 Å². The highest BCUT2D eigenvalue weighted by molar-refractivity contribution is 7.08. The number of nitriles is 1. The molecule has 0 saturated carbocycles. The van der Waals surface area contributed by atoms with E-state index >= 15 is 0 Å². The molecule has 0 saturated heterocycles. The molecule has 1 heterocycles. The highest BCUT2D eigenvalue weighted by Crippen LogP contribution is 2.52. The molecule has 2 atom stereocenters. The van der Waals surface area contributed by atoms with Gasteiger partial charge in [0.05, 0.1) is 11.6 Å². The zero-order chi connectivity index (χ0) is 17.4. The summed E-state index contributed by atoms with van der Waals surface area (Å²) in [5.74, 6) is 0.140. The van der Waals surface area contributed by atoms with E-state index < -0.39 is 5.41 Å². The Balaban J connectivity index is 1.90. The van der Waals surface area contributed by atoms with Gasteiger partial charge < -0.3 is 0 Å². The van der Waals surface area contributed by atoms with Gasteiger partial charge in [0.15, 0.2) is 5.78 Å². The molecule has 0 N–H and O–H groups in total. The van der Waals surface area contributed by atoms with Crippen LogP contribution in [0.15, 0.2) is 65.4 Å². The smallest absolute Gasteiger partial charge is 0.170 e. The Bertz CT molecular complexity index is 969. The highest BCUT2D eigenvalue weighted by Gasteiger charge is 2.48. The van der Waals surface area contributed by atoms with Crippen LogP contribution >= 0.6 is 11.3 Å². The minimum atomic E-state index is -0.543. The van der Waals surface area contributed by atoms with Crippen LogP contribution in [0.2, 0.25) is 0 Å². The number of hydrogen-bond donors (Lipinski definition) is 0. The number of nitrogens with zero attached hydrogens (tertiary/aromatic N) is 1. The highest BCUT2D eigenvalue weighted by atomic mass is 32.1. The van der Waals surface area contributed by atoms with Gasteiger partial charge in [-0.05, 0) is 46.7 Å². The van der Waals surface area contributed by atoms with Crippen LogP contribution in [0.25, 0.3) is 0 Å². The molecule has 0 radical (unpaired) electrons. The van der Waals surface area contributed by atoms with Gasteiger partial charge in [-0.2, -0.15) is 16.6 Å². The second-order valence-electron chi connectivity index (χ2n) is 6.80. The van der Waals surface area contributed by atoms with E-state index in [0.29, 0.717) is 12.0 Å². The molecule has 3 heteroatoms. The van der Waals surface area contributed by atoms with Gasteiger partial charge in [0.1, 0.15) is 0 Å². The summed E-state index contributed by atoms with van der Waals surface area (Å²) in [5, 5.41) is 13.2. The maximum absolute atomic E-state index is 13.4. The Morgan fingerprint density at radius 1 is 1.20 bits per heavy atom. The molecule has 4 rings (SSSR count). The van der Waals surface area contributed by atoms with Crippen LogP contribution in [0.5, 0.6) is 0 Å². The molecule has 1 aromatic heterocycles. The van der Waals surface area contributed by atoms with Crippen molar-refractivity contribution in [2.75, 3.05) is 0 Å². The summed E-state index contributed by atoms with van der Waals surface area (Å²) in [6.45, 7) is 2.07. The number of hydrogen-bond acceptors (Lipinski definition) is 3. The third-order valence-electron chi connectivity index (χ3n) is 5.22. The second-order valence-corrected chi connectivity index (χ2v) is 7.58. The molecular formula is C22H17NOS. The maximum Gasteiger partial charge on any atom is 0.170 e. The molecule has 1 aliphatic rings. The van der Waals surface area contributed by atoms with E-state index in [4.69, 9.17) is 0 Å². The van der Waals surface area contributed by atoms with Crippen molar-refractivity contribution >= 4 is 17.1 Å². The molecule has 0 spiro atoms. The molecule has 25 heavy (non-hydrogen) atoms. The number of ketones is 1. The summed E-state index contributed by atoms with van der Waals surface area (Å²) in [4.78, 5) is 13.4. The molecule has 0 bridgehead atoms. The molecule has 2 nitrogen and oxygen atoms in total. The third kappa shape index (κ3) is 2.50. The van der Waals surface area contributed by atoms with E-state index in [0.717, 1.165) is 16.7 Å². The number of benzene rings is 2. The lowest BCUT2D eigenvalue weighted by Gasteiger charge is -2.31. The Morgan fingerprint density at radius 2 is 2.00 bits per heavy atom. The lowest BCUT2D eigenvalue weighted by Crippen LogP contribution is -2.32. The molecule has 0 fully saturated rings. The Hall–Kier alpha value is -2.70. The average Bonchev–Trinajstić information content (AvgIpc) is 3.27. The Morgan fingerprint density at radius 3 is 2.68 bits per heavy atom. The van der Waals surface area contributed by atoms with Crippen molar-refractivity contribution in [3.63, 3.8) is 0 Å². The van der Waals surface area contributed by atoms with Crippen molar-refractivity contribution in [2.45, 2.75) is 19.3 Å². The first-order chi connectivity index (χ1) is 12.1. The number of thiophene rings is 1. The molecule has 3 aromatic rings. The van der Waals surface area contributed by atoms with E-state index in [1.165, 1.54) is 5.56 Å². The molecule has 1 aliphatic carbocycles. The van der Waals surface area contributed by atoms with Gasteiger partial charge in [0.2, 0.25) is 0 Å². The molecule has 0 amide bonds. The predicted molar refractivity (Wildman–Crippen MR) is 99.9 cm³/mol. The van der Waals surface area contributed by atoms with E-state index in [2.05, 4.69) is 25.1 Å². The van der Waals surface area contributed by atoms with Crippen LogP contribution in [0.3, 0.4) is 0 Å². The Kier molecular flexibility index (Phi) is 3.78. The van der Waals surface area contributed by atoms with Gasteiger partial charge in [0.25, 0.3) is 0 Å². The summed E-state index contributed by atoms with van der Waals surface area (Å²) in [6, 6.07) is 20.1. The largest absolute Gasteiger partial charge is 0.293 e. The summed E-state index contributed by atoms with van der Waals surface area (Å²) < 4.78 is 0. The number of carbonyl (C=O) groups is 1. The van der Waals surface area contributed by atoms with E-state index in [9.17, 15) is 10.1 Å². The van der Waals surface area contributed by atoms with Gasteiger partial charge in [-0.1, -0.05) is 43.3 Å². The van der Waals surface area contributed by atoms with Crippen LogP contribution in [-0.4, -0.2) is 5.78 Å². The van der Waals surface area contributed by atoms with Gasteiger partial charge >= 0.3 is 0 Å². The van der Waals surface area contributed by atoms with Crippen molar-refractivity contribution in [2.24, 2.45) is 5.41 Å². The van der Waals surface area contributed by atoms with Gasteiger partial charge in [0, 0.05) is 22.3 Å². The first-order valence-electron chi connectivity index (χ1n) is 8.28. The fourth-order valence-corrected chi connectivity index (χ4v) is 4.70. The topological polar surface area (TPSA) is 40.9 Å². The Labute approximate surface area is 151 Å². The first-order valence-corrected chi connectivity index (χ1v) is 9.22. The predicted octanol–water partition coefficient (Wildman–Crippen LogP) is 5.20. The third-order valence-corrected chi connectivity index (χ3v) is 5.90. The lowest BCUT2D eigenvalue weighted by atomic mass is 9.70. The fourth-order valence-electron chi connectivity index (χ4n) is 4.06. The van der Waals surface area contributed by atoms with Gasteiger partial charge in [-0.3, -0.25) is 4.79 Å². The number of rotatable bonds is 3. The average molecular weight is 343 g/mol. The normalized spacial score (nSPS) is 21.5. The van der Waals surface area contributed by atoms with E-state index in [-0.39, 0.29) is 11.7 Å². The minimum absolute atomic E-state index is 0.0376. The summed E-state index contributed by atoms with van der Waals surface area (Å²) in [6.07, 6.45) is 0.697. The minimum Gasteiger partial charge on any atom is -0.293 e. The van der Waals surface area contributed by atoms with Crippen LogP contribution in [-0.2, 0) is 6.42 Å². The maximum atomic E-state index is 13.4. The SMILES string of the molecule is CC1(C(=O)c2ccsc2)Cc2ccc(C#N)cc2C1c1ccccc1. The monoisotopic (exact) mass is 343 g/mol. The molecular weight excluding hydrogens is 326 g/mol. The molecule has 0 aliphatic heterocycles. The zero-order valence-electron chi connectivity index (χ0n) is 13.9. The summed E-state index contributed by atoms with van der Waals surface area (Å²) in [7, 11) is 0. The fraction of sp³-hybridized carbons (Fsp3) is 0.182. The first kappa shape index (κ1) is 15.8. The second kappa shape index (κ2) is 5.98. The molecule has 122 valence electrons. The van der Waals surface area contributed by atoms with Crippen molar-refractivity contribution in [3.8, 4) is 6.07 Å². The van der Waals surface area contributed by atoms with Crippen LogP contribution in [0.1, 0.15) is 45.5 Å². The standard InChI is InChI=1S/C22H17NOS/c1-22(21(24)18-9-10-25-14-18)12-17-8-7-15(13-23)11-19(17)20(22)16-5-3-2-4-6-16/h2-11,14,20H,12H2,1H3. The number of carbonyl (C=O) groups excluding carboxylic acids is 1. The zero-order valence-corrected chi connectivity index (χ0v) is 14.7. The molecule has 2 aromatic carbocycles. The number of fused-ring (bicyclic) bond motifs is 1. The van der Waals surface area contributed by atoms with Crippen molar-refractivity contribution < 1.29 is 4.79 Å². The molecule has 2 unspecified atom stereocenters. The van der Waals surface area contributed by atoms with Crippen LogP contribution in [0.4, 0.5) is 0 Å². The van der Waals surface area contributed by atoms with Crippen molar-refractivity contribution in [3.05, 3.63) is 93.2 Å². The van der Waals surface area contributed by atoms with Crippen molar-refractivity contribution in [1.29, 1.82) is 5.26 Å². The van der Waals surface area contributed by atoms with E-state index in [1.54, 1.807) is 11.3 Å². The van der Waals surface area contributed by atoms with Crippen LogP contribution < -0.4 is 0 Å². The quantitative estimate of drug-likeness (QED) is 0.614. The van der Waals surface area contributed by atoms with Crippen LogP contribution in [0, 0.1) is 16.7 Å². The summed E-state index contributed by atoms with van der Waals surface area (Å²) in [5.41, 5.74) is 4.28.